The Morgan fingerprint density at radius 1 is 1.15 bits per heavy atom. The monoisotopic (exact) mass is 433 g/mol. The molecule has 5 nitrogen and oxygen atoms in total. The van der Waals surface area contributed by atoms with Gasteiger partial charge >= 0.3 is 5.97 Å². The van der Waals surface area contributed by atoms with Crippen LogP contribution in [-0.4, -0.2) is 17.0 Å². The van der Waals surface area contributed by atoms with Crippen molar-refractivity contribution in [2.75, 3.05) is 5.32 Å². The normalized spacial score (nSPS) is 10.6. The molecule has 0 radical (unpaired) electrons. The summed E-state index contributed by atoms with van der Waals surface area (Å²) < 4.78 is 20.1. The molecule has 2 rings (SSSR count). The zero-order valence-electron chi connectivity index (χ0n) is 14.1. The molecule has 2 N–H and O–H groups in total. The molecule has 0 aromatic heterocycles. The van der Waals surface area contributed by atoms with Gasteiger partial charge in [0.1, 0.15) is 6.61 Å². The summed E-state index contributed by atoms with van der Waals surface area (Å²) in [5.74, 6) is -1.98. The van der Waals surface area contributed by atoms with Crippen LogP contribution in [0.2, 0.25) is 15.1 Å². The Morgan fingerprint density at radius 2 is 1.78 bits per heavy atom. The van der Waals surface area contributed by atoms with E-state index in [0.717, 1.165) is 0 Å². The average Bonchev–Trinajstić information content (AvgIpc) is 2.57. The highest BCUT2D eigenvalue weighted by atomic mass is 35.5. The summed E-state index contributed by atoms with van der Waals surface area (Å²) >= 11 is 18.2. The molecule has 0 saturated carbocycles. The van der Waals surface area contributed by atoms with E-state index in [0.29, 0.717) is 5.56 Å². The first-order valence-corrected chi connectivity index (χ1v) is 8.95. The van der Waals surface area contributed by atoms with Gasteiger partial charge in [-0.3, -0.25) is 9.59 Å². The molecule has 0 aliphatic heterocycles. The summed E-state index contributed by atoms with van der Waals surface area (Å²) in [5.41, 5.74) is 0.445. The minimum atomic E-state index is -1.03. The van der Waals surface area contributed by atoms with Gasteiger partial charge in [-0.05, 0) is 29.8 Å². The maximum Gasteiger partial charge on any atom is 0.307 e. The number of anilines is 1. The van der Waals surface area contributed by atoms with Crippen molar-refractivity contribution in [2.45, 2.75) is 26.4 Å². The highest BCUT2D eigenvalue weighted by Gasteiger charge is 2.16. The lowest BCUT2D eigenvalue weighted by atomic mass is 10.1. The summed E-state index contributed by atoms with van der Waals surface area (Å²) in [5, 5.41) is 11.7. The second-order valence-electron chi connectivity index (χ2n) is 5.58. The topological polar surface area (TPSA) is 75.6 Å². The molecule has 144 valence electrons. The molecule has 0 heterocycles. The molecular formula is C18H15Cl3FNO4. The van der Waals surface area contributed by atoms with Crippen LogP contribution in [0.25, 0.3) is 0 Å². The number of carboxylic acids is 1. The van der Waals surface area contributed by atoms with Crippen LogP contribution in [0, 0.1) is 5.82 Å². The van der Waals surface area contributed by atoms with Gasteiger partial charge in [-0.25, -0.2) is 4.39 Å². The van der Waals surface area contributed by atoms with Crippen molar-refractivity contribution in [3.63, 3.8) is 0 Å². The van der Waals surface area contributed by atoms with Crippen LogP contribution >= 0.6 is 34.8 Å². The first kappa shape index (κ1) is 21.3. The fourth-order valence-corrected chi connectivity index (χ4v) is 3.14. The number of amides is 1. The van der Waals surface area contributed by atoms with E-state index in [-0.39, 0.29) is 57.4 Å². The van der Waals surface area contributed by atoms with E-state index in [1.165, 1.54) is 24.3 Å². The molecule has 0 fully saturated rings. The number of ether oxygens (including phenoxy) is 1. The van der Waals surface area contributed by atoms with Gasteiger partial charge in [0, 0.05) is 17.0 Å². The lowest BCUT2D eigenvalue weighted by Crippen LogP contribution is -2.12. The largest absolute Gasteiger partial charge is 0.486 e. The predicted molar refractivity (Wildman–Crippen MR) is 102 cm³/mol. The maximum absolute atomic E-state index is 14.6. The number of halogens is 4. The number of carbonyl (C=O) groups is 2. The number of benzene rings is 2. The molecule has 1 amide bonds. The molecule has 0 saturated heterocycles. The molecule has 0 aliphatic rings. The van der Waals surface area contributed by atoms with Gasteiger partial charge in [0.05, 0.1) is 22.2 Å². The van der Waals surface area contributed by atoms with E-state index < -0.39 is 11.8 Å². The van der Waals surface area contributed by atoms with Crippen LogP contribution in [0.3, 0.4) is 0 Å². The van der Waals surface area contributed by atoms with Crippen LogP contribution in [0.4, 0.5) is 10.1 Å². The molecule has 9 heteroatoms. The minimum Gasteiger partial charge on any atom is -0.486 e. The fourth-order valence-electron chi connectivity index (χ4n) is 2.26. The van der Waals surface area contributed by atoms with Crippen molar-refractivity contribution < 1.29 is 23.8 Å². The van der Waals surface area contributed by atoms with E-state index in [9.17, 15) is 14.0 Å². The van der Waals surface area contributed by atoms with E-state index >= 15 is 0 Å². The average molecular weight is 435 g/mol. The van der Waals surface area contributed by atoms with Crippen LogP contribution in [0.15, 0.2) is 24.3 Å². The van der Waals surface area contributed by atoms with Crippen molar-refractivity contribution in [2.24, 2.45) is 0 Å². The van der Waals surface area contributed by atoms with Crippen molar-refractivity contribution >= 4 is 52.4 Å². The number of hydrogen-bond donors (Lipinski definition) is 2. The Bertz CT molecular complexity index is 866. The highest BCUT2D eigenvalue weighted by Crippen LogP contribution is 2.35. The Morgan fingerprint density at radius 3 is 2.33 bits per heavy atom. The zero-order valence-corrected chi connectivity index (χ0v) is 16.4. The third-order valence-corrected chi connectivity index (χ3v) is 4.27. The summed E-state index contributed by atoms with van der Waals surface area (Å²) in [6.07, 6.45) is -0.0607. The first-order chi connectivity index (χ1) is 12.7. The second-order valence-corrected chi connectivity index (χ2v) is 6.83. The molecule has 27 heavy (non-hydrogen) atoms. The Kier molecular flexibility index (Phi) is 7.30. The maximum atomic E-state index is 14.6. The molecule has 0 aliphatic carbocycles. The SMILES string of the molecule is CCC(=O)Nc1cc(Cl)cc(COc2c(Cl)cc(CC(=O)O)cc2Cl)c1F. The van der Waals surface area contributed by atoms with Crippen molar-refractivity contribution in [3.8, 4) is 5.75 Å². The molecule has 0 spiro atoms. The number of rotatable bonds is 7. The van der Waals surface area contributed by atoms with Gasteiger partial charge in [-0.1, -0.05) is 41.7 Å². The number of carbonyl (C=O) groups excluding carboxylic acids is 1. The first-order valence-electron chi connectivity index (χ1n) is 7.81. The van der Waals surface area contributed by atoms with Crippen molar-refractivity contribution in [1.82, 2.24) is 0 Å². The van der Waals surface area contributed by atoms with Gasteiger partial charge in [0.25, 0.3) is 0 Å². The quantitative estimate of drug-likeness (QED) is 0.617. The van der Waals surface area contributed by atoms with Gasteiger partial charge in [-0.15, -0.1) is 0 Å². The summed E-state index contributed by atoms with van der Waals surface area (Å²) in [4.78, 5) is 22.3. The zero-order chi connectivity index (χ0) is 20.1. The summed E-state index contributed by atoms with van der Waals surface area (Å²) in [6, 6.07) is 5.49. The molecule has 2 aromatic rings. The van der Waals surface area contributed by atoms with E-state index in [1.807, 2.05) is 0 Å². The van der Waals surface area contributed by atoms with Gasteiger partial charge in [0.15, 0.2) is 11.6 Å². The lowest BCUT2D eigenvalue weighted by Gasteiger charge is -2.14. The molecule has 0 atom stereocenters. The Labute approximate surface area is 170 Å². The van der Waals surface area contributed by atoms with E-state index in [4.69, 9.17) is 44.6 Å². The predicted octanol–water partition coefficient (Wildman–Crippen LogP) is 5.34. The number of carboxylic acid groups (broad SMARTS) is 1. The highest BCUT2D eigenvalue weighted by molar-refractivity contribution is 6.37. The third-order valence-electron chi connectivity index (χ3n) is 3.49. The van der Waals surface area contributed by atoms with Crippen LogP contribution in [-0.2, 0) is 22.6 Å². The van der Waals surface area contributed by atoms with Crippen molar-refractivity contribution in [3.05, 3.63) is 56.3 Å². The summed E-state index contributed by atoms with van der Waals surface area (Å²) in [6.45, 7) is 1.39. The standard InChI is InChI=1S/C18H15Cl3FNO4/c1-2-15(24)23-14-7-11(19)6-10(17(14)22)8-27-18-12(20)3-9(4-13(18)21)5-16(25)26/h3-4,6-7H,2,5,8H2,1H3,(H,23,24)(H,25,26). The number of hydrogen-bond acceptors (Lipinski definition) is 3. The molecule has 0 bridgehead atoms. The Balaban J connectivity index is 2.24. The molecule has 0 unspecified atom stereocenters. The van der Waals surface area contributed by atoms with Crippen LogP contribution in [0.5, 0.6) is 5.75 Å². The van der Waals surface area contributed by atoms with Gasteiger partial charge < -0.3 is 15.2 Å². The van der Waals surface area contributed by atoms with Gasteiger partial charge in [0.2, 0.25) is 5.91 Å². The van der Waals surface area contributed by atoms with E-state index in [1.54, 1.807) is 6.92 Å². The molecular weight excluding hydrogens is 420 g/mol. The van der Waals surface area contributed by atoms with Crippen LogP contribution in [0.1, 0.15) is 24.5 Å². The van der Waals surface area contributed by atoms with Crippen molar-refractivity contribution in [1.29, 1.82) is 0 Å². The van der Waals surface area contributed by atoms with E-state index in [2.05, 4.69) is 5.32 Å². The van der Waals surface area contributed by atoms with Crippen LogP contribution < -0.4 is 10.1 Å². The number of aliphatic carboxylic acids is 1. The third kappa shape index (κ3) is 5.73. The molecule has 2 aromatic carbocycles. The lowest BCUT2D eigenvalue weighted by molar-refractivity contribution is -0.136. The van der Waals surface area contributed by atoms with Gasteiger partial charge in [-0.2, -0.15) is 0 Å². The summed E-state index contributed by atoms with van der Waals surface area (Å²) in [7, 11) is 0. The smallest absolute Gasteiger partial charge is 0.307 e. The number of nitrogens with one attached hydrogen (secondary N) is 1. The minimum absolute atomic E-state index is 0.0537. The Hall–Kier alpha value is -2.02. The fraction of sp³-hybridized carbons (Fsp3) is 0.222. The second kappa shape index (κ2) is 9.26.